The summed E-state index contributed by atoms with van der Waals surface area (Å²) in [7, 11) is 0. The first-order valence-corrected chi connectivity index (χ1v) is 6.09. The van der Waals surface area contributed by atoms with Crippen molar-refractivity contribution in [3.63, 3.8) is 0 Å². The smallest absolute Gasteiger partial charge is 0.0383 e. The van der Waals surface area contributed by atoms with Crippen LogP contribution in [0, 0.1) is 0 Å². The van der Waals surface area contributed by atoms with Gasteiger partial charge >= 0.3 is 0 Å². The fraction of sp³-hybridized carbons (Fsp3) is 0.0909. The van der Waals surface area contributed by atoms with Gasteiger partial charge in [0, 0.05) is 10.2 Å². The number of thiophene rings is 1. The normalized spacial score (nSPS) is 10.2. The highest BCUT2D eigenvalue weighted by atomic mass is 79.9. The van der Waals surface area contributed by atoms with Crippen molar-refractivity contribution < 1.29 is 0 Å². The molecule has 0 spiro atoms. The number of alkyl halides is 1. The predicted molar refractivity (Wildman–Crippen MR) is 62.4 cm³/mol. The first kappa shape index (κ1) is 8.97. The van der Waals surface area contributed by atoms with E-state index in [2.05, 4.69) is 51.6 Å². The summed E-state index contributed by atoms with van der Waals surface area (Å²) in [5.74, 6) is 0. The van der Waals surface area contributed by atoms with Crippen LogP contribution in [-0.2, 0) is 5.33 Å². The Morgan fingerprint density at radius 3 is 2.54 bits per heavy atom. The molecule has 0 unspecified atom stereocenters. The summed E-state index contributed by atoms with van der Waals surface area (Å²) in [5, 5.41) is 3.08. The average molecular weight is 253 g/mol. The number of hydrogen-bond donors (Lipinski definition) is 0. The highest BCUT2D eigenvalue weighted by Crippen LogP contribution is 2.29. The van der Waals surface area contributed by atoms with Gasteiger partial charge in [0.2, 0.25) is 0 Å². The van der Waals surface area contributed by atoms with Gasteiger partial charge in [-0.2, -0.15) is 0 Å². The van der Waals surface area contributed by atoms with Crippen LogP contribution >= 0.6 is 27.3 Å². The van der Waals surface area contributed by atoms with Crippen LogP contribution in [0.5, 0.6) is 0 Å². The van der Waals surface area contributed by atoms with Crippen LogP contribution in [0.1, 0.15) is 4.88 Å². The molecule has 13 heavy (non-hydrogen) atoms. The van der Waals surface area contributed by atoms with Crippen LogP contribution in [0.2, 0.25) is 0 Å². The summed E-state index contributed by atoms with van der Waals surface area (Å²) in [6, 6.07) is 12.7. The Morgan fingerprint density at radius 1 is 1.08 bits per heavy atom. The molecule has 0 atom stereocenters. The van der Waals surface area contributed by atoms with E-state index in [1.54, 1.807) is 11.3 Å². The van der Waals surface area contributed by atoms with Crippen molar-refractivity contribution in [3.05, 3.63) is 46.7 Å². The van der Waals surface area contributed by atoms with E-state index in [1.165, 1.54) is 16.0 Å². The van der Waals surface area contributed by atoms with E-state index in [-0.39, 0.29) is 0 Å². The predicted octanol–water partition coefficient (Wildman–Crippen LogP) is 4.31. The summed E-state index contributed by atoms with van der Waals surface area (Å²) in [6.07, 6.45) is 0. The maximum atomic E-state index is 3.50. The van der Waals surface area contributed by atoms with E-state index >= 15 is 0 Å². The van der Waals surface area contributed by atoms with Gasteiger partial charge in [0.15, 0.2) is 0 Å². The lowest BCUT2D eigenvalue weighted by atomic mass is 10.1. The largest absolute Gasteiger partial charge is 0.147 e. The van der Waals surface area contributed by atoms with Gasteiger partial charge in [-0.05, 0) is 22.6 Å². The molecule has 0 radical (unpaired) electrons. The molecule has 2 heteroatoms. The van der Waals surface area contributed by atoms with Gasteiger partial charge in [-0.25, -0.2) is 0 Å². The summed E-state index contributed by atoms with van der Waals surface area (Å²) in [5.41, 5.74) is 2.65. The van der Waals surface area contributed by atoms with Crippen LogP contribution < -0.4 is 0 Å². The Kier molecular flexibility index (Phi) is 2.81. The van der Waals surface area contributed by atoms with Crippen LogP contribution in [0.3, 0.4) is 0 Å². The Morgan fingerprint density at radius 2 is 1.85 bits per heavy atom. The van der Waals surface area contributed by atoms with Crippen molar-refractivity contribution in [2.75, 3.05) is 0 Å². The van der Waals surface area contributed by atoms with Gasteiger partial charge in [0.25, 0.3) is 0 Å². The summed E-state index contributed by atoms with van der Waals surface area (Å²) in [6.45, 7) is 0. The summed E-state index contributed by atoms with van der Waals surface area (Å²) >= 11 is 5.29. The highest BCUT2D eigenvalue weighted by molar-refractivity contribution is 9.08. The van der Waals surface area contributed by atoms with E-state index in [0.717, 1.165) is 5.33 Å². The fourth-order valence-electron chi connectivity index (χ4n) is 1.32. The lowest BCUT2D eigenvalue weighted by Crippen LogP contribution is -1.77. The molecular weight excluding hydrogens is 244 g/mol. The van der Waals surface area contributed by atoms with E-state index < -0.39 is 0 Å². The van der Waals surface area contributed by atoms with E-state index in [1.807, 2.05) is 6.07 Å². The summed E-state index contributed by atoms with van der Waals surface area (Å²) < 4.78 is 0. The Balaban J connectivity index is 2.47. The van der Waals surface area contributed by atoms with Crippen LogP contribution in [-0.4, -0.2) is 0 Å². The maximum absolute atomic E-state index is 3.50. The van der Waals surface area contributed by atoms with E-state index in [0.29, 0.717) is 0 Å². The minimum absolute atomic E-state index is 0.939. The Labute approximate surface area is 90.4 Å². The second-order valence-electron chi connectivity index (χ2n) is 2.76. The second-order valence-corrected chi connectivity index (χ2v) is 4.32. The molecule has 1 aromatic carbocycles. The first-order valence-electron chi connectivity index (χ1n) is 4.09. The molecule has 1 heterocycles. The minimum Gasteiger partial charge on any atom is -0.147 e. The standard InChI is InChI=1S/C11H9BrS/c12-8-11-10(6-7-13-11)9-4-2-1-3-5-9/h1-7H,8H2. The SMILES string of the molecule is BrCc1sccc1-c1ccccc1. The first-order chi connectivity index (χ1) is 6.42. The molecule has 0 aliphatic carbocycles. The molecule has 0 aliphatic rings. The van der Waals surface area contributed by atoms with Gasteiger partial charge < -0.3 is 0 Å². The second kappa shape index (κ2) is 4.07. The van der Waals surface area contributed by atoms with Crippen molar-refractivity contribution in [1.82, 2.24) is 0 Å². The number of hydrogen-bond acceptors (Lipinski definition) is 1. The molecule has 1 aromatic heterocycles. The number of halogens is 1. The quantitative estimate of drug-likeness (QED) is 0.699. The Hall–Kier alpha value is -0.600. The Bertz CT molecular complexity index is 378. The van der Waals surface area contributed by atoms with E-state index in [9.17, 15) is 0 Å². The fourth-order valence-corrected chi connectivity index (χ4v) is 2.76. The summed E-state index contributed by atoms with van der Waals surface area (Å²) in [4.78, 5) is 1.39. The van der Waals surface area contributed by atoms with Gasteiger partial charge in [-0.15, -0.1) is 11.3 Å². The zero-order valence-electron chi connectivity index (χ0n) is 7.03. The molecule has 66 valence electrons. The third-order valence-corrected chi connectivity index (χ3v) is 3.80. The molecule has 0 nitrogen and oxygen atoms in total. The molecule has 2 rings (SSSR count). The van der Waals surface area contributed by atoms with Crippen LogP contribution in [0.25, 0.3) is 11.1 Å². The maximum Gasteiger partial charge on any atom is 0.0383 e. The molecule has 0 saturated carbocycles. The molecule has 2 aromatic rings. The van der Waals surface area contributed by atoms with Gasteiger partial charge in [0.1, 0.15) is 0 Å². The zero-order valence-corrected chi connectivity index (χ0v) is 9.44. The van der Waals surface area contributed by atoms with Crippen molar-refractivity contribution in [2.45, 2.75) is 5.33 Å². The molecule has 0 saturated heterocycles. The highest BCUT2D eigenvalue weighted by Gasteiger charge is 2.03. The van der Waals surface area contributed by atoms with Crippen molar-refractivity contribution in [3.8, 4) is 11.1 Å². The van der Waals surface area contributed by atoms with Crippen molar-refractivity contribution >= 4 is 27.3 Å². The van der Waals surface area contributed by atoms with Gasteiger partial charge in [-0.1, -0.05) is 46.3 Å². The van der Waals surface area contributed by atoms with Gasteiger partial charge in [0.05, 0.1) is 0 Å². The van der Waals surface area contributed by atoms with Crippen LogP contribution in [0.15, 0.2) is 41.8 Å². The molecule has 0 aliphatic heterocycles. The molecule has 0 amide bonds. The molecule has 0 bridgehead atoms. The van der Waals surface area contributed by atoms with Crippen molar-refractivity contribution in [2.24, 2.45) is 0 Å². The molecule has 0 N–H and O–H groups in total. The van der Waals surface area contributed by atoms with Crippen LogP contribution in [0.4, 0.5) is 0 Å². The number of benzene rings is 1. The third-order valence-electron chi connectivity index (χ3n) is 1.95. The van der Waals surface area contributed by atoms with Crippen molar-refractivity contribution in [1.29, 1.82) is 0 Å². The van der Waals surface area contributed by atoms with E-state index in [4.69, 9.17) is 0 Å². The van der Waals surface area contributed by atoms with Gasteiger partial charge in [-0.3, -0.25) is 0 Å². The lowest BCUT2D eigenvalue weighted by Gasteiger charge is -1.99. The minimum atomic E-state index is 0.939. The monoisotopic (exact) mass is 252 g/mol. The average Bonchev–Trinajstić information content (AvgIpc) is 2.67. The third kappa shape index (κ3) is 1.84. The lowest BCUT2D eigenvalue weighted by molar-refractivity contribution is 1.55. The topological polar surface area (TPSA) is 0 Å². The number of rotatable bonds is 2. The molecular formula is C11H9BrS. The zero-order chi connectivity index (χ0) is 9.10. The molecule has 0 fully saturated rings.